The van der Waals surface area contributed by atoms with E-state index in [-0.39, 0.29) is 13.2 Å². The quantitative estimate of drug-likeness (QED) is 0.815. The minimum Gasteiger partial charge on any atom is -0.492 e. The van der Waals surface area contributed by atoms with Crippen molar-refractivity contribution in [1.82, 2.24) is 5.32 Å². The van der Waals surface area contributed by atoms with E-state index in [1.807, 2.05) is 0 Å². The summed E-state index contributed by atoms with van der Waals surface area (Å²) in [5.41, 5.74) is 0. The largest absolute Gasteiger partial charge is 0.492 e. The molecule has 1 aromatic rings. The Balaban J connectivity index is 2.17. The maximum atomic E-state index is 11.7. The lowest BCUT2D eigenvalue weighted by molar-refractivity contribution is -0.124. The van der Waals surface area contributed by atoms with E-state index in [9.17, 15) is 13.2 Å². The molecule has 0 saturated carbocycles. The number of hydrogen-bond donors (Lipinski definition) is 1. The zero-order chi connectivity index (χ0) is 12.0. The van der Waals surface area contributed by atoms with Gasteiger partial charge in [-0.05, 0) is 18.2 Å². The van der Waals surface area contributed by atoms with E-state index >= 15 is 0 Å². The van der Waals surface area contributed by atoms with Crippen LogP contribution in [0.4, 0.5) is 13.2 Å². The van der Waals surface area contributed by atoms with E-state index in [1.165, 1.54) is 0 Å². The smallest absolute Gasteiger partial charge is 0.401 e. The van der Waals surface area contributed by atoms with Crippen molar-refractivity contribution in [3.63, 3.8) is 0 Å². The van der Waals surface area contributed by atoms with Gasteiger partial charge in [-0.25, -0.2) is 0 Å². The summed E-state index contributed by atoms with van der Waals surface area (Å²) in [6, 6.07) is 6.69. The molecule has 0 radical (unpaired) electrons. The topological polar surface area (TPSA) is 21.3 Å². The monoisotopic (exact) mass is 253 g/mol. The van der Waals surface area contributed by atoms with Gasteiger partial charge >= 0.3 is 6.18 Å². The third-order valence-corrected chi connectivity index (χ3v) is 1.90. The van der Waals surface area contributed by atoms with Crippen LogP contribution in [0.2, 0.25) is 5.02 Å². The Morgan fingerprint density at radius 2 is 2.06 bits per heavy atom. The minimum atomic E-state index is -4.18. The lowest BCUT2D eigenvalue weighted by Crippen LogP contribution is -2.31. The number of benzene rings is 1. The molecule has 0 fully saturated rings. The van der Waals surface area contributed by atoms with Crippen LogP contribution in [0, 0.1) is 0 Å². The van der Waals surface area contributed by atoms with Crippen LogP contribution in [0.5, 0.6) is 5.75 Å². The van der Waals surface area contributed by atoms with Gasteiger partial charge in [0.2, 0.25) is 0 Å². The summed E-state index contributed by atoms with van der Waals surface area (Å²) in [6.07, 6.45) is -4.18. The number of halogens is 4. The minimum absolute atomic E-state index is 0.131. The van der Waals surface area contributed by atoms with Gasteiger partial charge in [-0.3, -0.25) is 0 Å². The molecule has 6 heteroatoms. The summed E-state index contributed by atoms with van der Waals surface area (Å²) in [5.74, 6) is 0.543. The molecule has 0 aliphatic heterocycles. The summed E-state index contributed by atoms with van der Waals surface area (Å²) in [7, 11) is 0. The van der Waals surface area contributed by atoms with Crippen LogP contribution in [0.1, 0.15) is 0 Å². The number of alkyl halides is 3. The molecule has 1 aromatic carbocycles. The molecule has 0 spiro atoms. The van der Waals surface area contributed by atoms with E-state index in [1.54, 1.807) is 24.3 Å². The predicted octanol–water partition coefficient (Wildman–Crippen LogP) is 2.87. The van der Waals surface area contributed by atoms with Crippen molar-refractivity contribution < 1.29 is 17.9 Å². The van der Waals surface area contributed by atoms with Crippen molar-refractivity contribution in [2.45, 2.75) is 6.18 Å². The van der Waals surface area contributed by atoms with Gasteiger partial charge in [-0.1, -0.05) is 17.7 Å². The second kappa shape index (κ2) is 5.96. The Morgan fingerprint density at radius 1 is 1.31 bits per heavy atom. The maximum Gasteiger partial charge on any atom is 0.401 e. The number of rotatable bonds is 5. The molecule has 0 atom stereocenters. The van der Waals surface area contributed by atoms with Crippen molar-refractivity contribution >= 4 is 11.6 Å². The number of ether oxygens (including phenoxy) is 1. The Hall–Kier alpha value is -0.940. The third kappa shape index (κ3) is 5.82. The van der Waals surface area contributed by atoms with E-state index in [0.29, 0.717) is 10.8 Å². The zero-order valence-electron chi connectivity index (χ0n) is 8.35. The number of nitrogens with one attached hydrogen (secondary N) is 1. The highest BCUT2D eigenvalue weighted by Gasteiger charge is 2.25. The molecule has 0 aliphatic rings. The molecule has 2 nitrogen and oxygen atoms in total. The second-order valence-electron chi connectivity index (χ2n) is 3.10. The van der Waals surface area contributed by atoms with Crippen molar-refractivity contribution in [2.75, 3.05) is 19.7 Å². The van der Waals surface area contributed by atoms with Crippen LogP contribution in [0.25, 0.3) is 0 Å². The summed E-state index contributed by atoms with van der Waals surface area (Å²) < 4.78 is 40.4. The highest BCUT2D eigenvalue weighted by atomic mass is 35.5. The highest BCUT2D eigenvalue weighted by Crippen LogP contribution is 2.16. The van der Waals surface area contributed by atoms with Gasteiger partial charge in [0.1, 0.15) is 12.4 Å². The van der Waals surface area contributed by atoms with Gasteiger partial charge in [-0.2, -0.15) is 13.2 Å². The SMILES string of the molecule is FC(F)(F)CNCCOc1cccc(Cl)c1. The molecule has 0 unspecified atom stereocenters. The lowest BCUT2D eigenvalue weighted by Gasteiger charge is -2.09. The molecule has 0 heterocycles. The second-order valence-corrected chi connectivity index (χ2v) is 3.53. The predicted molar refractivity (Wildman–Crippen MR) is 55.9 cm³/mol. The van der Waals surface area contributed by atoms with Crippen LogP contribution in [0.15, 0.2) is 24.3 Å². The maximum absolute atomic E-state index is 11.7. The fraction of sp³-hybridized carbons (Fsp3) is 0.400. The average molecular weight is 254 g/mol. The molecule has 0 aliphatic carbocycles. The van der Waals surface area contributed by atoms with Gasteiger partial charge < -0.3 is 10.1 Å². The Bertz CT molecular complexity index is 330. The molecule has 1 N–H and O–H groups in total. The molecule has 0 saturated heterocycles. The van der Waals surface area contributed by atoms with Gasteiger partial charge in [-0.15, -0.1) is 0 Å². The van der Waals surface area contributed by atoms with Crippen LogP contribution < -0.4 is 10.1 Å². The zero-order valence-corrected chi connectivity index (χ0v) is 9.11. The third-order valence-electron chi connectivity index (χ3n) is 1.67. The molecule has 0 bridgehead atoms. The van der Waals surface area contributed by atoms with Crippen molar-refractivity contribution in [2.24, 2.45) is 0 Å². The molecule has 0 amide bonds. The van der Waals surface area contributed by atoms with Crippen molar-refractivity contribution in [3.8, 4) is 5.75 Å². The van der Waals surface area contributed by atoms with Crippen LogP contribution in [0.3, 0.4) is 0 Å². The van der Waals surface area contributed by atoms with Crippen LogP contribution in [-0.2, 0) is 0 Å². The summed E-state index contributed by atoms with van der Waals surface area (Å²) in [5, 5.41) is 2.76. The number of hydrogen-bond acceptors (Lipinski definition) is 2. The van der Waals surface area contributed by atoms with Crippen LogP contribution >= 0.6 is 11.6 Å². The fourth-order valence-electron chi connectivity index (χ4n) is 1.03. The van der Waals surface area contributed by atoms with Gasteiger partial charge in [0, 0.05) is 11.6 Å². The molecular weight excluding hydrogens is 243 g/mol. The first kappa shape index (κ1) is 13.1. The summed E-state index contributed by atoms with van der Waals surface area (Å²) in [4.78, 5) is 0. The van der Waals surface area contributed by atoms with Crippen LogP contribution in [-0.4, -0.2) is 25.9 Å². The molecule has 1 rings (SSSR count). The molecule has 90 valence electrons. The summed E-state index contributed by atoms with van der Waals surface area (Å²) >= 11 is 5.70. The van der Waals surface area contributed by atoms with Crippen molar-refractivity contribution in [3.05, 3.63) is 29.3 Å². The van der Waals surface area contributed by atoms with E-state index in [0.717, 1.165) is 0 Å². The van der Waals surface area contributed by atoms with E-state index < -0.39 is 12.7 Å². The Kier molecular flexibility index (Phi) is 4.89. The van der Waals surface area contributed by atoms with Crippen molar-refractivity contribution in [1.29, 1.82) is 0 Å². The first-order valence-electron chi connectivity index (χ1n) is 4.63. The van der Waals surface area contributed by atoms with Gasteiger partial charge in [0.25, 0.3) is 0 Å². The Labute approximate surface area is 96.4 Å². The standard InChI is InChI=1S/C10H11ClF3NO/c11-8-2-1-3-9(6-8)16-5-4-15-7-10(12,13)14/h1-3,6,15H,4-5,7H2. The Morgan fingerprint density at radius 3 is 2.69 bits per heavy atom. The molecular formula is C10H11ClF3NO. The fourth-order valence-corrected chi connectivity index (χ4v) is 1.21. The normalized spacial score (nSPS) is 11.5. The van der Waals surface area contributed by atoms with Gasteiger partial charge in [0.05, 0.1) is 6.54 Å². The molecule has 0 aromatic heterocycles. The highest BCUT2D eigenvalue weighted by molar-refractivity contribution is 6.30. The first-order valence-corrected chi connectivity index (χ1v) is 5.01. The average Bonchev–Trinajstić information content (AvgIpc) is 2.15. The van der Waals surface area contributed by atoms with E-state index in [4.69, 9.17) is 16.3 Å². The lowest BCUT2D eigenvalue weighted by atomic mass is 10.3. The van der Waals surface area contributed by atoms with E-state index in [2.05, 4.69) is 5.32 Å². The molecule has 16 heavy (non-hydrogen) atoms. The summed E-state index contributed by atoms with van der Waals surface area (Å²) in [6.45, 7) is -0.714. The van der Waals surface area contributed by atoms with Gasteiger partial charge in [0.15, 0.2) is 0 Å². The first-order chi connectivity index (χ1) is 7.47.